The molecule has 1 atom stereocenters. The Morgan fingerprint density at radius 2 is 1.90 bits per heavy atom. The molecule has 0 saturated carbocycles. The Kier molecular flexibility index (Phi) is 12.0. The van der Waals surface area contributed by atoms with E-state index in [2.05, 4.69) is 55.6 Å². The molecule has 0 radical (unpaired) electrons. The van der Waals surface area contributed by atoms with Crippen LogP contribution in [0.1, 0.15) is 5.56 Å². The molecule has 214 valence electrons. The number of nitrogens with zero attached hydrogens (tertiary/aromatic N) is 4. The molecule has 2 aliphatic rings. The van der Waals surface area contributed by atoms with Crippen LogP contribution in [0.2, 0.25) is 0 Å². The molecule has 1 saturated heterocycles. The van der Waals surface area contributed by atoms with Crippen LogP contribution in [0.5, 0.6) is 0 Å². The number of allylic oxidation sites excluding steroid dienone is 5. The van der Waals surface area contributed by atoms with Crippen molar-refractivity contribution in [3.63, 3.8) is 0 Å². The third-order valence-electron chi connectivity index (χ3n) is 6.53. The Hall–Kier alpha value is -4.60. The van der Waals surface area contributed by atoms with Crippen molar-refractivity contribution in [2.45, 2.75) is 6.04 Å². The zero-order valence-electron chi connectivity index (χ0n) is 23.9. The largest absolute Gasteiger partial charge is 0.388 e. The van der Waals surface area contributed by atoms with Crippen LogP contribution in [0.3, 0.4) is 0 Å². The maximum atomic E-state index is 11.8. The second-order valence-corrected chi connectivity index (χ2v) is 9.41. The molecule has 1 aliphatic heterocycles. The normalized spacial score (nSPS) is 18.7. The Balaban J connectivity index is 0.00000147. The third kappa shape index (κ3) is 8.69. The summed E-state index contributed by atoms with van der Waals surface area (Å²) >= 11 is 0. The van der Waals surface area contributed by atoms with Crippen LogP contribution in [-0.2, 0) is 14.3 Å². The van der Waals surface area contributed by atoms with Crippen molar-refractivity contribution in [3.8, 4) is 0 Å². The summed E-state index contributed by atoms with van der Waals surface area (Å²) in [6.45, 7) is 9.88. The van der Waals surface area contributed by atoms with Gasteiger partial charge in [0, 0.05) is 68.3 Å². The molecule has 2 N–H and O–H groups in total. The lowest BCUT2D eigenvalue weighted by atomic mass is 9.92. The highest BCUT2D eigenvalue weighted by Crippen LogP contribution is 2.27. The monoisotopic (exact) mass is 554 g/mol. The number of anilines is 3. The molecule has 41 heavy (non-hydrogen) atoms. The van der Waals surface area contributed by atoms with E-state index in [-0.39, 0.29) is 11.9 Å². The van der Waals surface area contributed by atoms with Crippen molar-refractivity contribution in [2.24, 2.45) is 9.98 Å². The lowest BCUT2D eigenvalue weighted by Gasteiger charge is -2.38. The van der Waals surface area contributed by atoms with E-state index in [0.29, 0.717) is 18.9 Å². The molecule has 9 nitrogen and oxygen atoms in total. The number of likely N-dealkylation sites (N-methyl/N-ethyl adjacent to an activating group) is 1. The molecule has 2 aromatic carbocycles. The molecule has 0 spiro atoms. The van der Waals surface area contributed by atoms with Crippen LogP contribution in [-0.4, -0.2) is 83.1 Å². The van der Waals surface area contributed by atoms with Gasteiger partial charge in [-0.1, -0.05) is 36.9 Å². The average Bonchev–Trinajstić information content (AvgIpc) is 2.99. The first-order chi connectivity index (χ1) is 19.9. The summed E-state index contributed by atoms with van der Waals surface area (Å²) in [6.07, 6.45) is 9.82. The van der Waals surface area contributed by atoms with E-state index in [9.17, 15) is 9.59 Å². The van der Waals surface area contributed by atoms with Gasteiger partial charge < -0.3 is 25.1 Å². The standard InChI is InChI=1S/C30H32N6O2.C2H6O/c1-4-29(38)34-25-9-5-7-22(17-25)28-10-6-8-23(18-31-2)30(28)33-21-32-24-11-13-26(14-12-24)36-16-15-35(3)27(19-36)20-37;1-3-2/h4-14,17-18,20,27,32H,1-2,15-16,19,21H2,3H3,(H,34,38);1-2H3/b23-18-,33-30+;. The van der Waals surface area contributed by atoms with Gasteiger partial charge in [-0.15, -0.1) is 0 Å². The lowest BCUT2D eigenvalue weighted by Crippen LogP contribution is -2.52. The SMILES string of the molecule is C=CC(=O)Nc1cccc(C2=CC=CC(=C/N=C)/C2=N\CNc2ccc(N3CCN(C)C(C=O)C3)cc2)c1.COC. The molecule has 4 rings (SSSR count). The van der Waals surface area contributed by atoms with Crippen LogP contribution >= 0.6 is 0 Å². The molecule has 9 heteroatoms. The highest BCUT2D eigenvalue weighted by molar-refractivity contribution is 6.34. The fourth-order valence-corrected chi connectivity index (χ4v) is 4.41. The minimum Gasteiger partial charge on any atom is -0.388 e. The first kappa shape index (κ1) is 30.9. The Morgan fingerprint density at radius 1 is 1.15 bits per heavy atom. The highest BCUT2D eigenvalue weighted by atomic mass is 16.4. The van der Waals surface area contributed by atoms with Gasteiger partial charge in [0.2, 0.25) is 5.91 Å². The van der Waals surface area contributed by atoms with Gasteiger partial charge in [0.1, 0.15) is 13.0 Å². The third-order valence-corrected chi connectivity index (χ3v) is 6.53. The van der Waals surface area contributed by atoms with Gasteiger partial charge in [-0.25, -0.2) is 0 Å². The van der Waals surface area contributed by atoms with Crippen LogP contribution in [0.25, 0.3) is 5.57 Å². The van der Waals surface area contributed by atoms with Crippen molar-refractivity contribution in [3.05, 3.63) is 96.8 Å². The molecule has 1 heterocycles. The van der Waals surface area contributed by atoms with Crippen molar-refractivity contribution in [1.29, 1.82) is 0 Å². The summed E-state index contributed by atoms with van der Waals surface area (Å²) in [5.74, 6) is -0.267. The van der Waals surface area contributed by atoms with Gasteiger partial charge in [0.05, 0.1) is 11.8 Å². The van der Waals surface area contributed by atoms with Gasteiger partial charge in [0.15, 0.2) is 0 Å². The molecule has 2 aromatic rings. The van der Waals surface area contributed by atoms with E-state index >= 15 is 0 Å². The Morgan fingerprint density at radius 3 is 2.59 bits per heavy atom. The predicted octanol–water partition coefficient (Wildman–Crippen LogP) is 4.44. The van der Waals surface area contributed by atoms with E-state index in [4.69, 9.17) is 4.99 Å². The van der Waals surface area contributed by atoms with Crippen LogP contribution in [0, 0.1) is 0 Å². The number of hydrogen-bond acceptors (Lipinski definition) is 8. The van der Waals surface area contributed by atoms with Crippen LogP contribution in [0.15, 0.2) is 101 Å². The topological polar surface area (TPSA) is 98.6 Å². The minimum absolute atomic E-state index is 0.0876. The summed E-state index contributed by atoms with van der Waals surface area (Å²) in [5.41, 5.74) is 6.15. The molecule has 1 unspecified atom stereocenters. The number of amides is 1. The quantitative estimate of drug-likeness (QED) is 0.270. The van der Waals surface area contributed by atoms with E-state index in [0.717, 1.165) is 53.2 Å². The maximum Gasteiger partial charge on any atom is 0.247 e. The molecular formula is C32H38N6O3. The van der Waals surface area contributed by atoms with Gasteiger partial charge in [-0.2, -0.15) is 0 Å². The van der Waals surface area contributed by atoms with Crippen LogP contribution < -0.4 is 15.5 Å². The number of methoxy groups -OCH3 is 1. The maximum absolute atomic E-state index is 11.8. The predicted molar refractivity (Wildman–Crippen MR) is 170 cm³/mol. The zero-order valence-corrected chi connectivity index (χ0v) is 23.9. The number of aldehydes is 1. The second kappa shape index (κ2) is 15.9. The number of rotatable bonds is 9. The van der Waals surface area contributed by atoms with Crippen molar-refractivity contribution in [2.75, 3.05) is 63.1 Å². The number of carbonyl (C=O) groups excluding carboxylic acids is 2. The van der Waals surface area contributed by atoms with E-state index in [1.54, 1.807) is 20.4 Å². The fraction of sp³-hybridized carbons (Fsp3) is 0.250. The number of hydrogen-bond donors (Lipinski definition) is 2. The molecule has 0 bridgehead atoms. The number of ether oxygens (including phenoxy) is 1. The van der Waals surface area contributed by atoms with Crippen molar-refractivity contribution in [1.82, 2.24) is 4.90 Å². The molecular weight excluding hydrogens is 516 g/mol. The number of nitrogens with one attached hydrogen (secondary N) is 2. The smallest absolute Gasteiger partial charge is 0.247 e. The number of aliphatic imine (C=N–C) groups is 2. The van der Waals surface area contributed by atoms with E-state index < -0.39 is 0 Å². The van der Waals surface area contributed by atoms with Gasteiger partial charge in [-0.05, 0) is 61.8 Å². The molecule has 0 aromatic heterocycles. The van der Waals surface area contributed by atoms with Crippen molar-refractivity contribution < 1.29 is 14.3 Å². The molecule has 1 amide bonds. The van der Waals surface area contributed by atoms with Gasteiger partial charge >= 0.3 is 0 Å². The van der Waals surface area contributed by atoms with E-state index in [1.165, 1.54) is 6.08 Å². The number of benzene rings is 2. The van der Waals surface area contributed by atoms with Crippen LogP contribution in [0.4, 0.5) is 17.1 Å². The summed E-state index contributed by atoms with van der Waals surface area (Å²) in [4.78, 5) is 36.3. The highest BCUT2D eigenvalue weighted by Gasteiger charge is 2.23. The summed E-state index contributed by atoms with van der Waals surface area (Å²) in [7, 11) is 5.23. The summed E-state index contributed by atoms with van der Waals surface area (Å²) < 4.78 is 4.25. The van der Waals surface area contributed by atoms with Crippen molar-refractivity contribution >= 4 is 47.3 Å². The Labute approximate surface area is 242 Å². The first-order valence-electron chi connectivity index (χ1n) is 13.2. The molecule has 1 fully saturated rings. The number of carbonyl (C=O) groups is 2. The fourth-order valence-electron chi connectivity index (χ4n) is 4.41. The summed E-state index contributed by atoms with van der Waals surface area (Å²) in [5, 5.41) is 6.17. The number of piperazine rings is 1. The minimum atomic E-state index is -0.267. The van der Waals surface area contributed by atoms with Gasteiger partial charge in [0.25, 0.3) is 0 Å². The summed E-state index contributed by atoms with van der Waals surface area (Å²) in [6, 6.07) is 15.7. The zero-order chi connectivity index (χ0) is 29.6. The first-order valence-corrected chi connectivity index (χ1v) is 13.2. The lowest BCUT2D eigenvalue weighted by molar-refractivity contribution is -0.112. The average molecular weight is 555 g/mol. The van der Waals surface area contributed by atoms with Gasteiger partial charge in [-0.3, -0.25) is 19.7 Å². The second-order valence-electron chi connectivity index (χ2n) is 9.41. The van der Waals surface area contributed by atoms with E-state index in [1.807, 2.05) is 61.7 Å². The molecule has 1 aliphatic carbocycles. The Bertz CT molecular complexity index is 1340.